The van der Waals surface area contributed by atoms with E-state index in [0.717, 1.165) is 37.4 Å². The lowest BCUT2D eigenvalue weighted by Crippen LogP contribution is -2.31. The molecule has 0 unspecified atom stereocenters. The van der Waals surface area contributed by atoms with Crippen LogP contribution in [0.4, 0.5) is 11.4 Å². The summed E-state index contributed by atoms with van der Waals surface area (Å²) in [6.45, 7) is 2.89. The maximum Gasteiger partial charge on any atom is 0.276 e. The van der Waals surface area contributed by atoms with Crippen LogP contribution < -0.4 is 9.80 Å². The fourth-order valence-electron chi connectivity index (χ4n) is 3.57. The van der Waals surface area contributed by atoms with E-state index in [0.29, 0.717) is 5.69 Å². The predicted molar refractivity (Wildman–Crippen MR) is 92.1 cm³/mol. The Morgan fingerprint density at radius 3 is 2.70 bits per heavy atom. The van der Waals surface area contributed by atoms with Gasteiger partial charge >= 0.3 is 0 Å². The SMILES string of the molecule is O=C(c1cc(N2CCCCC2)ccn1)N1CCc2ccccc21. The standard InChI is InChI=1S/C19H21N3O/c23-19(22-13-9-15-6-2-3-7-18(15)22)17-14-16(8-10-20-17)21-11-4-1-5-12-21/h2-3,6-8,10,14H,1,4-5,9,11-13H2. The molecule has 0 spiro atoms. The number of pyridine rings is 1. The second-order valence-corrected chi connectivity index (χ2v) is 6.28. The van der Waals surface area contributed by atoms with Gasteiger partial charge in [-0.25, -0.2) is 0 Å². The molecular formula is C19H21N3O. The highest BCUT2D eigenvalue weighted by molar-refractivity contribution is 6.06. The quantitative estimate of drug-likeness (QED) is 0.854. The van der Waals surface area contributed by atoms with Gasteiger partial charge in [0.2, 0.25) is 0 Å². The molecule has 1 fully saturated rings. The number of rotatable bonds is 2. The minimum Gasteiger partial charge on any atom is -0.371 e. The highest BCUT2D eigenvalue weighted by Gasteiger charge is 2.26. The molecule has 0 bridgehead atoms. The Kier molecular flexibility index (Phi) is 3.74. The molecule has 118 valence electrons. The lowest BCUT2D eigenvalue weighted by molar-refractivity contribution is 0.0984. The van der Waals surface area contributed by atoms with Crippen LogP contribution in [0.5, 0.6) is 0 Å². The van der Waals surface area contributed by atoms with Gasteiger partial charge < -0.3 is 9.80 Å². The van der Waals surface area contributed by atoms with E-state index in [-0.39, 0.29) is 5.91 Å². The van der Waals surface area contributed by atoms with Gasteiger partial charge in [0, 0.05) is 37.2 Å². The molecule has 0 aliphatic carbocycles. The van der Waals surface area contributed by atoms with Gasteiger partial charge in [0.15, 0.2) is 0 Å². The van der Waals surface area contributed by atoms with Crippen LogP contribution in [-0.4, -0.2) is 30.5 Å². The Bertz CT molecular complexity index is 722. The summed E-state index contributed by atoms with van der Waals surface area (Å²) in [7, 11) is 0. The number of para-hydroxylation sites is 1. The van der Waals surface area contributed by atoms with Crippen molar-refractivity contribution in [2.75, 3.05) is 29.4 Å². The van der Waals surface area contributed by atoms with Crippen LogP contribution in [0, 0.1) is 0 Å². The Morgan fingerprint density at radius 1 is 1.00 bits per heavy atom. The zero-order chi connectivity index (χ0) is 15.6. The third-order valence-corrected chi connectivity index (χ3v) is 4.82. The molecule has 0 atom stereocenters. The van der Waals surface area contributed by atoms with E-state index >= 15 is 0 Å². The van der Waals surface area contributed by atoms with E-state index in [1.165, 1.54) is 24.8 Å². The Morgan fingerprint density at radius 2 is 1.83 bits per heavy atom. The Labute approximate surface area is 136 Å². The number of fused-ring (bicyclic) bond motifs is 1. The first-order valence-corrected chi connectivity index (χ1v) is 8.44. The molecule has 1 saturated heterocycles. The Hall–Kier alpha value is -2.36. The molecule has 3 heterocycles. The van der Waals surface area contributed by atoms with Gasteiger partial charge in [-0.3, -0.25) is 9.78 Å². The molecule has 2 aliphatic rings. The van der Waals surface area contributed by atoms with Gasteiger partial charge in [0.1, 0.15) is 5.69 Å². The summed E-state index contributed by atoms with van der Waals surface area (Å²) in [5, 5.41) is 0. The molecule has 4 heteroatoms. The number of nitrogens with zero attached hydrogens (tertiary/aromatic N) is 3. The zero-order valence-electron chi connectivity index (χ0n) is 13.2. The monoisotopic (exact) mass is 307 g/mol. The first-order valence-electron chi connectivity index (χ1n) is 8.44. The lowest BCUT2D eigenvalue weighted by atomic mass is 10.1. The molecule has 0 radical (unpaired) electrons. The van der Waals surface area contributed by atoms with Crippen LogP contribution in [0.25, 0.3) is 0 Å². The van der Waals surface area contributed by atoms with Crippen molar-refractivity contribution in [3.63, 3.8) is 0 Å². The van der Waals surface area contributed by atoms with E-state index in [9.17, 15) is 4.79 Å². The summed E-state index contributed by atoms with van der Waals surface area (Å²) in [5.41, 5.74) is 3.94. The molecule has 4 nitrogen and oxygen atoms in total. The van der Waals surface area contributed by atoms with E-state index in [4.69, 9.17) is 0 Å². The van der Waals surface area contributed by atoms with Gasteiger partial charge in [0.25, 0.3) is 5.91 Å². The number of carbonyl (C=O) groups excluding carboxylic acids is 1. The number of carbonyl (C=O) groups is 1. The van der Waals surface area contributed by atoms with Crippen LogP contribution >= 0.6 is 0 Å². The average molecular weight is 307 g/mol. The number of anilines is 2. The number of aromatic nitrogens is 1. The second-order valence-electron chi connectivity index (χ2n) is 6.28. The highest BCUT2D eigenvalue weighted by atomic mass is 16.2. The smallest absolute Gasteiger partial charge is 0.276 e. The summed E-state index contributed by atoms with van der Waals surface area (Å²) >= 11 is 0. The summed E-state index contributed by atoms with van der Waals surface area (Å²) < 4.78 is 0. The predicted octanol–water partition coefficient (Wildman–Crippen LogP) is 3.27. The molecule has 2 aliphatic heterocycles. The maximum atomic E-state index is 12.9. The Balaban J connectivity index is 1.60. The van der Waals surface area contributed by atoms with Crippen molar-refractivity contribution in [2.24, 2.45) is 0 Å². The van der Waals surface area contributed by atoms with Gasteiger partial charge in [-0.15, -0.1) is 0 Å². The van der Waals surface area contributed by atoms with Crippen LogP contribution in [0.1, 0.15) is 35.3 Å². The first kappa shape index (κ1) is 14.2. The van der Waals surface area contributed by atoms with Crippen molar-refractivity contribution in [3.05, 3.63) is 53.9 Å². The lowest BCUT2D eigenvalue weighted by Gasteiger charge is -2.29. The maximum absolute atomic E-state index is 12.9. The van der Waals surface area contributed by atoms with Crippen molar-refractivity contribution in [3.8, 4) is 0 Å². The van der Waals surface area contributed by atoms with Gasteiger partial charge in [-0.05, 0) is 49.4 Å². The summed E-state index contributed by atoms with van der Waals surface area (Å²) in [4.78, 5) is 21.4. The van der Waals surface area contributed by atoms with Gasteiger partial charge in [0.05, 0.1) is 0 Å². The molecule has 2 aromatic rings. The van der Waals surface area contributed by atoms with Crippen molar-refractivity contribution in [1.82, 2.24) is 4.98 Å². The molecule has 23 heavy (non-hydrogen) atoms. The highest BCUT2D eigenvalue weighted by Crippen LogP contribution is 2.29. The molecule has 1 aromatic carbocycles. The largest absolute Gasteiger partial charge is 0.371 e. The second kappa shape index (κ2) is 6.03. The molecular weight excluding hydrogens is 286 g/mol. The van der Waals surface area contributed by atoms with E-state index < -0.39 is 0 Å². The summed E-state index contributed by atoms with van der Waals surface area (Å²) in [5.74, 6) is 0.00816. The van der Waals surface area contributed by atoms with E-state index in [2.05, 4.69) is 16.0 Å². The summed E-state index contributed by atoms with van der Waals surface area (Å²) in [6, 6.07) is 12.1. The number of hydrogen-bond acceptors (Lipinski definition) is 3. The van der Waals surface area contributed by atoms with E-state index in [1.807, 2.05) is 35.2 Å². The van der Waals surface area contributed by atoms with Crippen molar-refractivity contribution in [2.45, 2.75) is 25.7 Å². The van der Waals surface area contributed by atoms with Gasteiger partial charge in [-0.1, -0.05) is 18.2 Å². The first-order chi connectivity index (χ1) is 11.3. The van der Waals surface area contributed by atoms with Crippen LogP contribution in [0.3, 0.4) is 0 Å². The molecule has 1 amide bonds. The van der Waals surface area contributed by atoms with Crippen LogP contribution in [-0.2, 0) is 6.42 Å². The third kappa shape index (κ3) is 2.69. The van der Waals surface area contributed by atoms with Crippen LogP contribution in [0.15, 0.2) is 42.6 Å². The number of piperidine rings is 1. The van der Waals surface area contributed by atoms with E-state index in [1.54, 1.807) is 6.20 Å². The fraction of sp³-hybridized carbons (Fsp3) is 0.368. The average Bonchev–Trinajstić information content (AvgIpc) is 3.06. The number of amides is 1. The fourth-order valence-corrected chi connectivity index (χ4v) is 3.57. The van der Waals surface area contributed by atoms with Crippen molar-refractivity contribution < 1.29 is 4.79 Å². The summed E-state index contributed by atoms with van der Waals surface area (Å²) in [6.07, 6.45) is 6.45. The number of hydrogen-bond donors (Lipinski definition) is 0. The normalized spacial score (nSPS) is 17.2. The minimum absolute atomic E-state index is 0.00816. The number of benzene rings is 1. The molecule has 1 aromatic heterocycles. The molecule has 0 N–H and O–H groups in total. The zero-order valence-corrected chi connectivity index (χ0v) is 13.2. The molecule has 0 saturated carbocycles. The molecule has 4 rings (SSSR count). The van der Waals surface area contributed by atoms with Crippen LogP contribution in [0.2, 0.25) is 0 Å². The van der Waals surface area contributed by atoms with Gasteiger partial charge in [-0.2, -0.15) is 0 Å². The minimum atomic E-state index is 0.00816. The third-order valence-electron chi connectivity index (χ3n) is 4.82. The van der Waals surface area contributed by atoms with Crippen molar-refractivity contribution >= 4 is 17.3 Å². The van der Waals surface area contributed by atoms with Crippen molar-refractivity contribution in [1.29, 1.82) is 0 Å². The topological polar surface area (TPSA) is 36.4 Å².